The molecule has 0 saturated carbocycles. The molecule has 1 amide bonds. The summed E-state index contributed by atoms with van der Waals surface area (Å²) in [6.07, 6.45) is 0.752. The molecule has 3 rings (SSSR count). The van der Waals surface area contributed by atoms with E-state index in [1.54, 1.807) is 12.1 Å². The fourth-order valence-electron chi connectivity index (χ4n) is 3.67. The van der Waals surface area contributed by atoms with Gasteiger partial charge in [0, 0.05) is 53.7 Å². The van der Waals surface area contributed by atoms with Crippen LogP contribution in [-0.2, 0) is 28.4 Å². The Balaban J connectivity index is 1.91. The molecular weight excluding hydrogens is 432 g/mol. The molecule has 0 bridgehead atoms. The van der Waals surface area contributed by atoms with E-state index in [1.807, 2.05) is 11.6 Å². The largest absolute Gasteiger partial charge is 0.379 e. The molecule has 0 atom stereocenters. The lowest BCUT2D eigenvalue weighted by molar-refractivity contribution is 0.0383. The second-order valence-electron chi connectivity index (χ2n) is 8.68. The average molecular weight is 467 g/mol. The predicted molar refractivity (Wildman–Crippen MR) is 125 cm³/mol. The van der Waals surface area contributed by atoms with Crippen molar-refractivity contribution < 1.29 is 17.9 Å². The highest BCUT2D eigenvalue weighted by Gasteiger charge is 2.21. The van der Waals surface area contributed by atoms with E-state index in [-0.39, 0.29) is 5.91 Å². The third kappa shape index (κ3) is 5.77. The number of amides is 1. The minimum absolute atomic E-state index is 0.256. The van der Waals surface area contributed by atoms with E-state index in [9.17, 15) is 13.2 Å². The van der Waals surface area contributed by atoms with Gasteiger partial charge in [-0.1, -0.05) is 13.8 Å². The normalized spacial score (nSPS) is 15.6. The van der Waals surface area contributed by atoms with E-state index in [2.05, 4.69) is 28.8 Å². The Morgan fingerprint density at radius 3 is 2.56 bits per heavy atom. The van der Waals surface area contributed by atoms with Crippen molar-refractivity contribution in [2.45, 2.75) is 20.3 Å². The summed E-state index contributed by atoms with van der Waals surface area (Å²) in [4.78, 5) is 20.1. The molecule has 0 unspecified atom stereocenters. The molecule has 1 aromatic heterocycles. The van der Waals surface area contributed by atoms with Gasteiger partial charge >= 0.3 is 10.2 Å². The van der Waals surface area contributed by atoms with Crippen LogP contribution < -0.4 is 10.0 Å². The summed E-state index contributed by atoms with van der Waals surface area (Å²) in [5, 5.41) is 2.98. The number of hydrogen-bond donors (Lipinski definition) is 2. The molecule has 1 fully saturated rings. The summed E-state index contributed by atoms with van der Waals surface area (Å²) < 4.78 is 35.6. The Kier molecular flexibility index (Phi) is 7.75. The van der Waals surface area contributed by atoms with Crippen LogP contribution in [0.5, 0.6) is 0 Å². The summed E-state index contributed by atoms with van der Waals surface area (Å²) in [6, 6.07) is 3.25. The second kappa shape index (κ2) is 10.2. The van der Waals surface area contributed by atoms with Crippen LogP contribution in [0.4, 0.5) is 5.69 Å². The lowest BCUT2D eigenvalue weighted by Gasteiger charge is -2.26. The third-order valence-electron chi connectivity index (χ3n) is 5.44. The smallest absolute Gasteiger partial charge is 0.301 e. The first kappa shape index (κ1) is 24.4. The van der Waals surface area contributed by atoms with Gasteiger partial charge < -0.3 is 14.6 Å². The number of rotatable bonds is 9. The van der Waals surface area contributed by atoms with Crippen molar-refractivity contribution in [3.8, 4) is 0 Å². The van der Waals surface area contributed by atoms with Crippen LogP contribution in [0.25, 0.3) is 11.0 Å². The zero-order chi connectivity index (χ0) is 23.5. The van der Waals surface area contributed by atoms with Crippen LogP contribution in [0.15, 0.2) is 12.1 Å². The van der Waals surface area contributed by atoms with Crippen molar-refractivity contribution in [1.29, 1.82) is 0 Å². The highest BCUT2D eigenvalue weighted by Crippen LogP contribution is 2.26. The minimum atomic E-state index is -3.72. The number of anilines is 1. The summed E-state index contributed by atoms with van der Waals surface area (Å²) in [5.74, 6) is 0.987. The quantitative estimate of drug-likeness (QED) is 0.572. The Hall–Kier alpha value is -2.21. The van der Waals surface area contributed by atoms with E-state index in [4.69, 9.17) is 9.72 Å². The fraction of sp³-hybridized carbons (Fsp3) is 0.619. The number of imidazole rings is 1. The number of nitrogens with one attached hydrogen (secondary N) is 2. The first-order valence-electron chi connectivity index (χ1n) is 10.9. The van der Waals surface area contributed by atoms with Crippen molar-refractivity contribution in [2.75, 3.05) is 58.2 Å². The second-order valence-corrected chi connectivity index (χ2v) is 10.6. The number of nitrogens with zero attached hydrogens (tertiary/aromatic N) is 4. The molecule has 2 aromatic rings. The Morgan fingerprint density at radius 2 is 1.94 bits per heavy atom. The molecule has 32 heavy (non-hydrogen) atoms. The van der Waals surface area contributed by atoms with E-state index in [0.717, 1.165) is 36.2 Å². The van der Waals surface area contributed by atoms with Gasteiger partial charge in [-0.05, 0) is 18.1 Å². The topological polar surface area (TPSA) is 109 Å². The molecule has 11 heteroatoms. The molecule has 2 N–H and O–H groups in total. The van der Waals surface area contributed by atoms with Crippen LogP contribution in [-0.4, -0.2) is 86.6 Å². The number of hydrogen-bond acceptors (Lipinski definition) is 6. The maximum absolute atomic E-state index is 13.2. The fourth-order valence-corrected chi connectivity index (χ4v) is 4.27. The van der Waals surface area contributed by atoms with Gasteiger partial charge in [0.1, 0.15) is 5.82 Å². The molecule has 0 radical (unpaired) electrons. The van der Waals surface area contributed by atoms with Gasteiger partial charge in [-0.2, -0.15) is 12.7 Å². The Morgan fingerprint density at radius 1 is 1.25 bits per heavy atom. The van der Waals surface area contributed by atoms with Gasteiger partial charge in [-0.3, -0.25) is 14.4 Å². The zero-order valence-corrected chi connectivity index (χ0v) is 20.3. The maximum Gasteiger partial charge on any atom is 0.301 e. The van der Waals surface area contributed by atoms with Crippen molar-refractivity contribution in [3.05, 3.63) is 23.5 Å². The SMILES string of the molecule is CC(C)Cc1nc2cc(NS(=O)(=O)N(C)C)cc(C(=O)NCCN3CCOCC3)c2n1C. The molecule has 178 valence electrons. The van der Waals surface area contributed by atoms with Crippen LogP contribution >= 0.6 is 0 Å². The van der Waals surface area contributed by atoms with Gasteiger partial charge in [-0.25, -0.2) is 4.98 Å². The number of aromatic nitrogens is 2. The summed E-state index contributed by atoms with van der Waals surface area (Å²) in [6.45, 7) is 8.54. The molecule has 1 aromatic carbocycles. The van der Waals surface area contributed by atoms with Gasteiger partial charge in [-0.15, -0.1) is 0 Å². The average Bonchev–Trinajstić information content (AvgIpc) is 3.02. The zero-order valence-electron chi connectivity index (χ0n) is 19.5. The molecule has 1 saturated heterocycles. The lowest BCUT2D eigenvalue weighted by atomic mass is 10.1. The molecule has 2 heterocycles. The monoisotopic (exact) mass is 466 g/mol. The number of benzene rings is 1. The number of fused-ring (bicyclic) bond motifs is 1. The number of aryl methyl sites for hydroxylation is 1. The Labute approximate surface area is 190 Å². The lowest BCUT2D eigenvalue weighted by Crippen LogP contribution is -2.41. The number of carbonyl (C=O) groups excluding carboxylic acids is 1. The van der Waals surface area contributed by atoms with Gasteiger partial charge in [0.25, 0.3) is 5.91 Å². The molecular formula is C21H34N6O4S. The van der Waals surface area contributed by atoms with Gasteiger partial charge in [0.05, 0.1) is 35.5 Å². The maximum atomic E-state index is 13.2. The first-order chi connectivity index (χ1) is 15.1. The molecule has 0 spiro atoms. The van der Waals surface area contributed by atoms with Crippen LogP contribution in [0.3, 0.4) is 0 Å². The van der Waals surface area contributed by atoms with Crippen molar-refractivity contribution in [1.82, 2.24) is 24.1 Å². The highest BCUT2D eigenvalue weighted by molar-refractivity contribution is 7.90. The van der Waals surface area contributed by atoms with Crippen molar-refractivity contribution in [3.63, 3.8) is 0 Å². The van der Waals surface area contributed by atoms with Crippen LogP contribution in [0, 0.1) is 5.92 Å². The van der Waals surface area contributed by atoms with E-state index < -0.39 is 10.2 Å². The van der Waals surface area contributed by atoms with Crippen LogP contribution in [0.1, 0.15) is 30.0 Å². The van der Waals surface area contributed by atoms with E-state index in [1.165, 1.54) is 14.1 Å². The van der Waals surface area contributed by atoms with E-state index in [0.29, 0.717) is 48.0 Å². The molecule has 10 nitrogen and oxygen atoms in total. The molecule has 0 aliphatic carbocycles. The number of ether oxygens (including phenoxy) is 1. The van der Waals surface area contributed by atoms with Crippen molar-refractivity contribution in [2.24, 2.45) is 13.0 Å². The van der Waals surface area contributed by atoms with Gasteiger partial charge in [0.2, 0.25) is 0 Å². The summed E-state index contributed by atoms with van der Waals surface area (Å²) >= 11 is 0. The summed E-state index contributed by atoms with van der Waals surface area (Å²) in [5.41, 5.74) is 1.97. The minimum Gasteiger partial charge on any atom is -0.379 e. The predicted octanol–water partition coefficient (Wildman–Crippen LogP) is 1.05. The summed E-state index contributed by atoms with van der Waals surface area (Å²) in [7, 11) is 1.06. The van der Waals surface area contributed by atoms with Crippen molar-refractivity contribution >= 4 is 32.8 Å². The molecule has 1 aliphatic heterocycles. The van der Waals surface area contributed by atoms with Crippen LogP contribution in [0.2, 0.25) is 0 Å². The molecule has 1 aliphatic rings. The van der Waals surface area contributed by atoms with Gasteiger partial charge in [0.15, 0.2) is 0 Å². The third-order valence-corrected chi connectivity index (χ3v) is 6.90. The first-order valence-corrected chi connectivity index (χ1v) is 12.3. The number of carbonyl (C=O) groups is 1. The Bertz CT molecular complexity index is 1060. The number of morpholine rings is 1. The van der Waals surface area contributed by atoms with E-state index >= 15 is 0 Å². The highest BCUT2D eigenvalue weighted by atomic mass is 32.2. The standard InChI is InChI=1S/C21H34N6O4S/c1-15(2)12-19-23-18-14-16(24-32(29,30)25(3)4)13-17(20(18)26(19)5)21(28)22-6-7-27-8-10-31-11-9-27/h13-15,24H,6-12H2,1-5H3,(H,22,28).